The highest BCUT2D eigenvalue weighted by molar-refractivity contribution is 5.88. The number of amides is 1. The number of hydrogen-bond donors (Lipinski definition) is 0. The van der Waals surface area contributed by atoms with E-state index in [4.69, 9.17) is 0 Å². The molecule has 3 heteroatoms. The Labute approximate surface area is 109 Å². The SMILES string of the molecule is O=C1C=CC[C@H]2[C@@H]3CCCN4CCC[C@H](CN12)[C@H]34. The van der Waals surface area contributed by atoms with Gasteiger partial charge < -0.3 is 4.90 Å². The van der Waals surface area contributed by atoms with Crippen molar-refractivity contribution in [3.05, 3.63) is 12.2 Å². The van der Waals surface area contributed by atoms with E-state index in [9.17, 15) is 4.79 Å². The summed E-state index contributed by atoms with van der Waals surface area (Å²) in [6.07, 6.45) is 10.3. The van der Waals surface area contributed by atoms with Gasteiger partial charge in [-0.15, -0.1) is 0 Å². The third-order valence-electron chi connectivity index (χ3n) is 5.59. The number of nitrogens with zero attached hydrogens (tertiary/aromatic N) is 2. The lowest BCUT2D eigenvalue weighted by Crippen LogP contribution is -2.65. The van der Waals surface area contributed by atoms with E-state index in [1.54, 1.807) is 6.08 Å². The lowest BCUT2D eigenvalue weighted by molar-refractivity contribution is -0.141. The molecule has 4 heterocycles. The monoisotopic (exact) mass is 246 g/mol. The van der Waals surface area contributed by atoms with Crippen LogP contribution in [-0.2, 0) is 4.79 Å². The van der Waals surface area contributed by atoms with Crippen molar-refractivity contribution in [2.75, 3.05) is 19.6 Å². The van der Waals surface area contributed by atoms with Crippen LogP contribution in [0.2, 0.25) is 0 Å². The molecule has 4 atom stereocenters. The van der Waals surface area contributed by atoms with Gasteiger partial charge >= 0.3 is 0 Å². The second-order valence-electron chi connectivity index (χ2n) is 6.43. The van der Waals surface area contributed by atoms with E-state index in [0.29, 0.717) is 6.04 Å². The molecule has 4 rings (SSSR count). The minimum atomic E-state index is 0.271. The summed E-state index contributed by atoms with van der Waals surface area (Å²) >= 11 is 0. The zero-order valence-corrected chi connectivity index (χ0v) is 10.9. The van der Waals surface area contributed by atoms with Gasteiger partial charge in [0, 0.05) is 18.6 Å². The summed E-state index contributed by atoms with van der Waals surface area (Å²) in [5.74, 6) is 1.76. The lowest BCUT2D eigenvalue weighted by atomic mass is 9.68. The first-order chi connectivity index (χ1) is 8.84. The Hall–Kier alpha value is -0.830. The van der Waals surface area contributed by atoms with Crippen molar-refractivity contribution in [1.82, 2.24) is 9.80 Å². The Morgan fingerprint density at radius 3 is 2.89 bits per heavy atom. The molecule has 3 fully saturated rings. The van der Waals surface area contributed by atoms with E-state index >= 15 is 0 Å². The molecule has 18 heavy (non-hydrogen) atoms. The third-order valence-corrected chi connectivity index (χ3v) is 5.59. The van der Waals surface area contributed by atoms with Crippen molar-refractivity contribution in [2.45, 2.75) is 44.2 Å². The molecule has 3 saturated heterocycles. The van der Waals surface area contributed by atoms with Crippen LogP contribution in [0.25, 0.3) is 0 Å². The number of rotatable bonds is 0. The Morgan fingerprint density at radius 1 is 1.17 bits per heavy atom. The van der Waals surface area contributed by atoms with Crippen LogP contribution in [-0.4, -0.2) is 47.4 Å². The van der Waals surface area contributed by atoms with Crippen LogP contribution in [0.3, 0.4) is 0 Å². The molecule has 0 spiro atoms. The standard InChI is InChI=1S/C15H22N2O/c18-14-7-1-6-13-12-5-3-9-16-8-2-4-11(15(12)16)10-17(13)14/h1,7,11-13,15H,2-6,8-10H2/t11-,12+,13+,15-/m1/s1. The van der Waals surface area contributed by atoms with Crippen LogP contribution in [0, 0.1) is 11.8 Å². The van der Waals surface area contributed by atoms with Crippen LogP contribution in [0.5, 0.6) is 0 Å². The second-order valence-corrected chi connectivity index (χ2v) is 6.43. The Balaban J connectivity index is 1.68. The molecule has 0 radical (unpaired) electrons. The molecule has 0 saturated carbocycles. The molecular formula is C15H22N2O. The van der Waals surface area contributed by atoms with Crippen LogP contribution in [0.1, 0.15) is 32.1 Å². The first kappa shape index (κ1) is 11.0. The first-order valence-electron chi connectivity index (χ1n) is 7.56. The van der Waals surface area contributed by atoms with Crippen molar-refractivity contribution >= 4 is 5.91 Å². The Kier molecular flexibility index (Phi) is 2.51. The quantitative estimate of drug-likeness (QED) is 0.649. The molecule has 0 aliphatic carbocycles. The second kappa shape index (κ2) is 4.09. The minimum Gasteiger partial charge on any atom is -0.335 e. The van der Waals surface area contributed by atoms with E-state index in [1.807, 2.05) is 0 Å². The highest BCUT2D eigenvalue weighted by Gasteiger charge is 2.49. The zero-order valence-electron chi connectivity index (χ0n) is 10.9. The molecular weight excluding hydrogens is 224 g/mol. The van der Waals surface area contributed by atoms with Gasteiger partial charge in [0.15, 0.2) is 0 Å². The lowest BCUT2D eigenvalue weighted by Gasteiger charge is -2.57. The summed E-state index contributed by atoms with van der Waals surface area (Å²) in [5, 5.41) is 0. The maximum absolute atomic E-state index is 12.1. The fourth-order valence-corrected chi connectivity index (χ4v) is 4.95. The molecule has 0 unspecified atom stereocenters. The summed E-state index contributed by atoms with van der Waals surface area (Å²) in [6.45, 7) is 3.62. The number of fused-ring (bicyclic) bond motifs is 2. The summed E-state index contributed by atoms with van der Waals surface area (Å²) in [5.41, 5.74) is 0. The van der Waals surface area contributed by atoms with Crippen molar-refractivity contribution in [3.8, 4) is 0 Å². The van der Waals surface area contributed by atoms with E-state index in [1.165, 1.54) is 38.8 Å². The van der Waals surface area contributed by atoms with E-state index in [0.717, 1.165) is 30.8 Å². The average molecular weight is 246 g/mol. The number of carbonyl (C=O) groups is 1. The van der Waals surface area contributed by atoms with Crippen LogP contribution in [0.4, 0.5) is 0 Å². The molecule has 0 N–H and O–H groups in total. The van der Waals surface area contributed by atoms with Gasteiger partial charge in [-0.25, -0.2) is 0 Å². The highest BCUT2D eigenvalue weighted by atomic mass is 16.2. The number of hydrogen-bond acceptors (Lipinski definition) is 2. The van der Waals surface area contributed by atoms with Gasteiger partial charge in [0.25, 0.3) is 0 Å². The van der Waals surface area contributed by atoms with Gasteiger partial charge in [0.1, 0.15) is 0 Å². The molecule has 1 amide bonds. The minimum absolute atomic E-state index is 0.271. The molecule has 3 nitrogen and oxygen atoms in total. The van der Waals surface area contributed by atoms with Gasteiger partial charge in [0.05, 0.1) is 0 Å². The summed E-state index contributed by atoms with van der Waals surface area (Å²) < 4.78 is 0. The first-order valence-corrected chi connectivity index (χ1v) is 7.56. The summed E-state index contributed by atoms with van der Waals surface area (Å²) in [7, 11) is 0. The number of piperidine rings is 3. The largest absolute Gasteiger partial charge is 0.335 e. The molecule has 0 bridgehead atoms. The van der Waals surface area contributed by atoms with Crippen LogP contribution < -0.4 is 0 Å². The molecule has 4 aliphatic heterocycles. The predicted octanol–water partition coefficient (Wildman–Crippen LogP) is 1.65. The van der Waals surface area contributed by atoms with Crippen molar-refractivity contribution in [1.29, 1.82) is 0 Å². The van der Waals surface area contributed by atoms with Crippen molar-refractivity contribution in [3.63, 3.8) is 0 Å². The van der Waals surface area contributed by atoms with Crippen LogP contribution >= 0.6 is 0 Å². The number of carbonyl (C=O) groups excluding carboxylic acids is 1. The topological polar surface area (TPSA) is 23.6 Å². The van der Waals surface area contributed by atoms with Crippen molar-refractivity contribution < 1.29 is 4.79 Å². The molecule has 0 aromatic carbocycles. The molecule has 0 aromatic rings. The van der Waals surface area contributed by atoms with E-state index in [-0.39, 0.29) is 5.91 Å². The predicted molar refractivity (Wildman–Crippen MR) is 70.1 cm³/mol. The molecule has 0 aromatic heterocycles. The third kappa shape index (κ3) is 1.49. The normalized spacial score (nSPS) is 43.6. The zero-order chi connectivity index (χ0) is 12.1. The molecule has 4 aliphatic rings. The van der Waals surface area contributed by atoms with Gasteiger partial charge in [-0.3, -0.25) is 9.69 Å². The van der Waals surface area contributed by atoms with Gasteiger partial charge in [-0.05, 0) is 63.1 Å². The van der Waals surface area contributed by atoms with Crippen LogP contribution in [0.15, 0.2) is 12.2 Å². The van der Waals surface area contributed by atoms with E-state index < -0.39 is 0 Å². The Morgan fingerprint density at radius 2 is 2.00 bits per heavy atom. The average Bonchev–Trinajstić information content (AvgIpc) is 2.41. The summed E-state index contributed by atoms with van der Waals surface area (Å²) in [6, 6.07) is 1.29. The highest BCUT2D eigenvalue weighted by Crippen LogP contribution is 2.43. The summed E-state index contributed by atoms with van der Waals surface area (Å²) in [4.78, 5) is 17.0. The smallest absolute Gasteiger partial charge is 0.246 e. The fourth-order valence-electron chi connectivity index (χ4n) is 4.95. The van der Waals surface area contributed by atoms with Gasteiger partial charge in [-0.1, -0.05) is 6.08 Å². The van der Waals surface area contributed by atoms with Gasteiger partial charge in [0.2, 0.25) is 5.91 Å². The fraction of sp³-hybridized carbons (Fsp3) is 0.800. The molecule has 98 valence electrons. The van der Waals surface area contributed by atoms with Gasteiger partial charge in [-0.2, -0.15) is 0 Å². The van der Waals surface area contributed by atoms with Crippen molar-refractivity contribution in [2.24, 2.45) is 11.8 Å². The maximum Gasteiger partial charge on any atom is 0.246 e. The van der Waals surface area contributed by atoms with E-state index in [2.05, 4.69) is 15.9 Å². The Bertz CT molecular complexity index is 390. The maximum atomic E-state index is 12.1.